The summed E-state index contributed by atoms with van der Waals surface area (Å²) in [6.45, 7) is 8.53. The van der Waals surface area contributed by atoms with Gasteiger partial charge in [0.2, 0.25) is 0 Å². The number of aromatic nitrogens is 2. The first kappa shape index (κ1) is 12.2. The highest BCUT2D eigenvalue weighted by atomic mass is 16.5. The molecule has 0 bridgehead atoms. The Morgan fingerprint density at radius 1 is 1.47 bits per heavy atom. The summed E-state index contributed by atoms with van der Waals surface area (Å²) in [5.74, 6) is 0. The Kier molecular flexibility index (Phi) is 4.29. The van der Waals surface area contributed by atoms with Crippen LogP contribution in [0.15, 0.2) is 12.3 Å². The normalized spacial score (nSPS) is 12.0. The Morgan fingerprint density at radius 3 is 2.80 bits per heavy atom. The summed E-state index contributed by atoms with van der Waals surface area (Å²) in [7, 11) is 1.93. The lowest BCUT2D eigenvalue weighted by molar-refractivity contribution is -0.00817. The van der Waals surface area contributed by atoms with Crippen LogP contribution in [0.3, 0.4) is 0 Å². The van der Waals surface area contributed by atoms with Crippen molar-refractivity contribution in [2.45, 2.75) is 39.5 Å². The minimum absolute atomic E-state index is 0.0731. The van der Waals surface area contributed by atoms with Crippen LogP contribution in [0.4, 0.5) is 0 Å². The zero-order valence-corrected chi connectivity index (χ0v) is 10.1. The van der Waals surface area contributed by atoms with Crippen molar-refractivity contribution in [2.75, 3.05) is 13.7 Å². The van der Waals surface area contributed by atoms with Crippen molar-refractivity contribution in [3.63, 3.8) is 0 Å². The SMILES string of the molecule is CNCc1ccnn1CCOC(C)(C)C. The highest BCUT2D eigenvalue weighted by molar-refractivity contribution is 4.99. The standard InChI is InChI=1S/C11H21N3O/c1-11(2,3)15-8-7-14-10(9-12-4)5-6-13-14/h5-6,12H,7-9H2,1-4H3. The number of hydrogen-bond acceptors (Lipinski definition) is 3. The van der Waals surface area contributed by atoms with Crippen molar-refractivity contribution in [2.24, 2.45) is 0 Å². The molecule has 0 aliphatic heterocycles. The third-order valence-corrected chi connectivity index (χ3v) is 2.00. The first-order valence-corrected chi connectivity index (χ1v) is 5.32. The molecule has 0 amide bonds. The van der Waals surface area contributed by atoms with Crippen LogP contribution in [-0.4, -0.2) is 29.0 Å². The Balaban J connectivity index is 2.40. The maximum absolute atomic E-state index is 5.65. The largest absolute Gasteiger partial charge is 0.374 e. The van der Waals surface area contributed by atoms with E-state index in [4.69, 9.17) is 4.74 Å². The van der Waals surface area contributed by atoms with Gasteiger partial charge in [-0.15, -0.1) is 0 Å². The fourth-order valence-electron chi connectivity index (χ4n) is 1.33. The third-order valence-electron chi connectivity index (χ3n) is 2.00. The summed E-state index contributed by atoms with van der Waals surface area (Å²) in [4.78, 5) is 0. The molecular formula is C11H21N3O. The molecule has 0 aliphatic carbocycles. The van der Waals surface area contributed by atoms with Gasteiger partial charge in [-0.25, -0.2) is 0 Å². The number of rotatable bonds is 5. The Hall–Kier alpha value is -0.870. The number of hydrogen-bond donors (Lipinski definition) is 1. The van der Waals surface area contributed by atoms with E-state index in [0.29, 0.717) is 6.61 Å². The van der Waals surface area contributed by atoms with Crippen LogP contribution in [0, 0.1) is 0 Å². The van der Waals surface area contributed by atoms with Gasteiger partial charge in [0.05, 0.1) is 24.4 Å². The quantitative estimate of drug-likeness (QED) is 0.800. The van der Waals surface area contributed by atoms with Crippen LogP contribution >= 0.6 is 0 Å². The smallest absolute Gasteiger partial charge is 0.0669 e. The Bertz CT molecular complexity index is 288. The van der Waals surface area contributed by atoms with Crippen molar-refractivity contribution in [3.05, 3.63) is 18.0 Å². The molecule has 0 fully saturated rings. The van der Waals surface area contributed by atoms with Gasteiger partial charge in [-0.1, -0.05) is 0 Å². The molecule has 0 spiro atoms. The summed E-state index contributed by atoms with van der Waals surface area (Å²) in [6, 6.07) is 2.02. The summed E-state index contributed by atoms with van der Waals surface area (Å²) in [6.07, 6.45) is 1.82. The van der Waals surface area contributed by atoms with Crippen LogP contribution in [-0.2, 0) is 17.8 Å². The predicted molar refractivity (Wildman–Crippen MR) is 60.7 cm³/mol. The lowest BCUT2D eigenvalue weighted by atomic mass is 10.2. The van der Waals surface area contributed by atoms with E-state index in [-0.39, 0.29) is 5.60 Å². The summed E-state index contributed by atoms with van der Waals surface area (Å²) >= 11 is 0. The lowest BCUT2D eigenvalue weighted by Gasteiger charge is -2.19. The van der Waals surface area contributed by atoms with E-state index in [1.165, 1.54) is 5.69 Å². The van der Waals surface area contributed by atoms with Crippen LogP contribution in [0.2, 0.25) is 0 Å². The fourth-order valence-corrected chi connectivity index (χ4v) is 1.33. The summed E-state index contributed by atoms with van der Waals surface area (Å²) in [5.41, 5.74) is 1.12. The molecule has 0 unspecified atom stereocenters. The highest BCUT2D eigenvalue weighted by Gasteiger charge is 2.10. The van der Waals surface area contributed by atoms with Gasteiger partial charge in [0.1, 0.15) is 0 Å². The van der Waals surface area contributed by atoms with Gasteiger partial charge >= 0.3 is 0 Å². The molecule has 0 atom stereocenters. The maximum Gasteiger partial charge on any atom is 0.0669 e. The highest BCUT2D eigenvalue weighted by Crippen LogP contribution is 2.07. The number of nitrogens with one attached hydrogen (secondary N) is 1. The van der Waals surface area contributed by atoms with Gasteiger partial charge < -0.3 is 10.1 Å². The van der Waals surface area contributed by atoms with Crippen molar-refractivity contribution in [3.8, 4) is 0 Å². The lowest BCUT2D eigenvalue weighted by Crippen LogP contribution is -2.23. The van der Waals surface area contributed by atoms with E-state index >= 15 is 0 Å². The molecule has 0 saturated heterocycles. The number of nitrogens with zero attached hydrogens (tertiary/aromatic N) is 2. The van der Waals surface area contributed by atoms with E-state index in [1.807, 2.05) is 24.0 Å². The summed E-state index contributed by atoms with van der Waals surface area (Å²) in [5, 5.41) is 7.37. The predicted octanol–water partition coefficient (Wildman–Crippen LogP) is 1.42. The fraction of sp³-hybridized carbons (Fsp3) is 0.727. The monoisotopic (exact) mass is 211 g/mol. The number of ether oxygens (including phenoxy) is 1. The van der Waals surface area contributed by atoms with Gasteiger partial charge in [-0.05, 0) is 33.9 Å². The Labute approximate surface area is 91.6 Å². The molecule has 4 nitrogen and oxygen atoms in total. The molecule has 1 N–H and O–H groups in total. The zero-order chi connectivity index (χ0) is 11.3. The second-order valence-corrected chi connectivity index (χ2v) is 4.54. The first-order valence-electron chi connectivity index (χ1n) is 5.32. The van der Waals surface area contributed by atoms with Crippen molar-refractivity contribution < 1.29 is 4.74 Å². The van der Waals surface area contributed by atoms with Gasteiger partial charge in [0, 0.05) is 12.7 Å². The van der Waals surface area contributed by atoms with Gasteiger partial charge in [-0.3, -0.25) is 4.68 Å². The Morgan fingerprint density at radius 2 is 2.20 bits per heavy atom. The van der Waals surface area contributed by atoms with E-state index in [0.717, 1.165) is 13.1 Å². The molecule has 0 saturated carbocycles. The second-order valence-electron chi connectivity index (χ2n) is 4.54. The first-order chi connectivity index (χ1) is 7.03. The van der Waals surface area contributed by atoms with Gasteiger partial charge in [-0.2, -0.15) is 5.10 Å². The average Bonchev–Trinajstić information content (AvgIpc) is 2.51. The molecule has 0 radical (unpaired) electrons. The molecule has 1 aromatic rings. The molecule has 86 valence electrons. The van der Waals surface area contributed by atoms with Crippen molar-refractivity contribution in [1.29, 1.82) is 0 Å². The molecule has 15 heavy (non-hydrogen) atoms. The van der Waals surface area contributed by atoms with Crippen LogP contribution in [0.5, 0.6) is 0 Å². The van der Waals surface area contributed by atoms with Crippen LogP contribution in [0.25, 0.3) is 0 Å². The topological polar surface area (TPSA) is 39.1 Å². The van der Waals surface area contributed by atoms with Gasteiger partial charge in [0.15, 0.2) is 0 Å². The zero-order valence-electron chi connectivity index (χ0n) is 10.1. The van der Waals surface area contributed by atoms with E-state index < -0.39 is 0 Å². The molecule has 1 aromatic heterocycles. The van der Waals surface area contributed by atoms with E-state index in [2.05, 4.69) is 31.2 Å². The minimum Gasteiger partial charge on any atom is -0.374 e. The molecule has 1 heterocycles. The molecular weight excluding hydrogens is 190 g/mol. The second kappa shape index (κ2) is 5.28. The minimum atomic E-state index is -0.0731. The molecule has 4 heteroatoms. The van der Waals surface area contributed by atoms with Crippen LogP contribution < -0.4 is 5.32 Å². The van der Waals surface area contributed by atoms with Gasteiger partial charge in [0.25, 0.3) is 0 Å². The molecule has 1 rings (SSSR count). The molecule has 0 aromatic carbocycles. The third kappa shape index (κ3) is 4.44. The van der Waals surface area contributed by atoms with Crippen molar-refractivity contribution in [1.82, 2.24) is 15.1 Å². The average molecular weight is 211 g/mol. The van der Waals surface area contributed by atoms with Crippen molar-refractivity contribution >= 4 is 0 Å². The molecule has 0 aliphatic rings. The maximum atomic E-state index is 5.65. The summed E-state index contributed by atoms with van der Waals surface area (Å²) < 4.78 is 7.63. The van der Waals surface area contributed by atoms with E-state index in [1.54, 1.807) is 0 Å². The van der Waals surface area contributed by atoms with Crippen LogP contribution in [0.1, 0.15) is 26.5 Å². The van der Waals surface area contributed by atoms with E-state index in [9.17, 15) is 0 Å².